The summed E-state index contributed by atoms with van der Waals surface area (Å²) in [6, 6.07) is 0. The lowest BCUT2D eigenvalue weighted by Crippen LogP contribution is -2.12. The van der Waals surface area contributed by atoms with Crippen LogP contribution in [0.2, 0.25) is 0 Å². The van der Waals surface area contributed by atoms with Crippen LogP contribution < -0.4 is 5.73 Å². The van der Waals surface area contributed by atoms with Gasteiger partial charge in [-0.1, -0.05) is 11.8 Å². The highest BCUT2D eigenvalue weighted by atomic mass is 35.5. The molecule has 0 unspecified atom stereocenters. The van der Waals surface area contributed by atoms with E-state index in [4.69, 9.17) is 5.73 Å². The maximum Gasteiger partial charge on any atom is 0.153 e. The van der Waals surface area contributed by atoms with Crippen molar-refractivity contribution in [1.29, 1.82) is 0 Å². The molecule has 0 aliphatic carbocycles. The third-order valence-electron chi connectivity index (χ3n) is 0.820. The van der Waals surface area contributed by atoms with Crippen molar-refractivity contribution >= 4 is 29.3 Å². The second kappa shape index (κ2) is 4.04. The monoisotopic (exact) mass is 152 g/mol. The maximum atomic E-state index is 5.35. The molecule has 0 aromatic heterocycles. The molecule has 0 fully saturated rings. The van der Waals surface area contributed by atoms with Crippen LogP contribution in [0.1, 0.15) is 6.42 Å². The van der Waals surface area contributed by atoms with Gasteiger partial charge in [0.05, 0.1) is 0 Å². The van der Waals surface area contributed by atoms with Crippen molar-refractivity contribution in [2.24, 2.45) is 10.7 Å². The van der Waals surface area contributed by atoms with Gasteiger partial charge in [-0.15, -0.1) is 12.4 Å². The minimum Gasteiger partial charge on any atom is -0.379 e. The molecule has 4 heteroatoms. The second-order valence-electron chi connectivity index (χ2n) is 1.42. The van der Waals surface area contributed by atoms with Crippen LogP contribution in [0.25, 0.3) is 0 Å². The summed E-state index contributed by atoms with van der Waals surface area (Å²) in [5.74, 6) is 1.15. The van der Waals surface area contributed by atoms with Gasteiger partial charge in [-0.25, -0.2) is 0 Å². The number of hydrogen-bond acceptors (Lipinski definition) is 3. The van der Waals surface area contributed by atoms with Gasteiger partial charge in [0.1, 0.15) is 0 Å². The normalized spacial score (nSPS) is 18.8. The van der Waals surface area contributed by atoms with Crippen molar-refractivity contribution in [2.75, 3.05) is 12.3 Å². The Bertz CT molecular complexity index is 94.0. The van der Waals surface area contributed by atoms with Crippen LogP contribution in [0.4, 0.5) is 0 Å². The Balaban J connectivity index is 0.000000490. The van der Waals surface area contributed by atoms with Crippen molar-refractivity contribution in [3.8, 4) is 0 Å². The molecule has 1 rings (SSSR count). The van der Waals surface area contributed by atoms with Crippen molar-refractivity contribution in [3.05, 3.63) is 0 Å². The number of nitrogens with two attached hydrogens (primary N) is 1. The molecular formula is C4H9ClN2S. The summed E-state index contributed by atoms with van der Waals surface area (Å²) < 4.78 is 0. The third-order valence-corrected chi connectivity index (χ3v) is 1.74. The molecule has 0 spiro atoms. The molecule has 48 valence electrons. The Kier molecular flexibility index (Phi) is 4.09. The number of thioether (sulfide) groups is 1. The molecule has 0 amide bonds. The SMILES string of the molecule is Cl.NC1=NCCCS1. The molecule has 0 aromatic carbocycles. The summed E-state index contributed by atoms with van der Waals surface area (Å²) in [6.07, 6.45) is 1.19. The topological polar surface area (TPSA) is 38.4 Å². The molecule has 1 heterocycles. The molecule has 0 saturated carbocycles. The van der Waals surface area contributed by atoms with E-state index in [2.05, 4.69) is 4.99 Å². The van der Waals surface area contributed by atoms with Crippen LogP contribution >= 0.6 is 24.2 Å². The molecule has 2 N–H and O–H groups in total. The van der Waals surface area contributed by atoms with Gasteiger partial charge in [0.25, 0.3) is 0 Å². The van der Waals surface area contributed by atoms with Gasteiger partial charge >= 0.3 is 0 Å². The lowest BCUT2D eigenvalue weighted by atomic mass is 10.5. The molecule has 2 nitrogen and oxygen atoms in total. The first-order chi connectivity index (χ1) is 3.39. The summed E-state index contributed by atoms with van der Waals surface area (Å²) in [5.41, 5.74) is 5.35. The van der Waals surface area contributed by atoms with Gasteiger partial charge in [0, 0.05) is 12.3 Å². The van der Waals surface area contributed by atoms with E-state index in [1.807, 2.05) is 0 Å². The predicted octanol–water partition coefficient (Wildman–Crippen LogP) is 0.860. The molecule has 0 atom stereocenters. The summed E-state index contributed by atoms with van der Waals surface area (Å²) in [4.78, 5) is 3.99. The van der Waals surface area contributed by atoms with Gasteiger partial charge < -0.3 is 5.73 Å². The lowest BCUT2D eigenvalue weighted by molar-refractivity contribution is 0.936. The first-order valence-electron chi connectivity index (χ1n) is 2.32. The predicted molar refractivity (Wildman–Crippen MR) is 40.8 cm³/mol. The average molecular weight is 153 g/mol. The van der Waals surface area contributed by atoms with Gasteiger partial charge in [0.15, 0.2) is 5.17 Å². The molecule has 1 aliphatic heterocycles. The van der Waals surface area contributed by atoms with E-state index in [1.54, 1.807) is 11.8 Å². The Morgan fingerprint density at radius 3 is 2.62 bits per heavy atom. The average Bonchev–Trinajstić information content (AvgIpc) is 1.69. The third kappa shape index (κ3) is 2.43. The molecule has 8 heavy (non-hydrogen) atoms. The Hall–Kier alpha value is 0.110. The van der Waals surface area contributed by atoms with Crippen molar-refractivity contribution in [2.45, 2.75) is 6.42 Å². The maximum absolute atomic E-state index is 5.35. The largest absolute Gasteiger partial charge is 0.379 e. The summed E-state index contributed by atoms with van der Waals surface area (Å²) in [7, 11) is 0. The van der Waals surface area contributed by atoms with Gasteiger partial charge in [0.2, 0.25) is 0 Å². The van der Waals surface area contributed by atoms with E-state index in [9.17, 15) is 0 Å². The van der Waals surface area contributed by atoms with Crippen LogP contribution in [0.15, 0.2) is 4.99 Å². The molecule has 0 aromatic rings. The minimum atomic E-state index is 0. The number of amidine groups is 1. The van der Waals surface area contributed by atoms with Crippen LogP contribution in [0.5, 0.6) is 0 Å². The lowest BCUT2D eigenvalue weighted by Gasteiger charge is -2.04. The fraction of sp³-hybridized carbons (Fsp3) is 0.750. The summed E-state index contributed by atoms with van der Waals surface area (Å²) >= 11 is 1.65. The van der Waals surface area contributed by atoms with E-state index in [-0.39, 0.29) is 12.4 Å². The second-order valence-corrected chi connectivity index (χ2v) is 2.54. The number of hydrogen-bond donors (Lipinski definition) is 1. The molecule has 0 saturated heterocycles. The fourth-order valence-electron chi connectivity index (χ4n) is 0.476. The van der Waals surface area contributed by atoms with Gasteiger partial charge in [-0.05, 0) is 6.42 Å². The molecule has 0 bridgehead atoms. The first-order valence-corrected chi connectivity index (χ1v) is 3.31. The van der Waals surface area contributed by atoms with E-state index in [0.29, 0.717) is 0 Å². The standard InChI is InChI=1S/C4H8N2S.ClH/c5-4-6-2-1-3-7-4;/h1-3H2,(H2,5,6);1H. The number of rotatable bonds is 0. The van der Waals surface area contributed by atoms with Crippen LogP contribution in [-0.2, 0) is 0 Å². The van der Waals surface area contributed by atoms with Crippen LogP contribution in [-0.4, -0.2) is 17.5 Å². The van der Waals surface area contributed by atoms with Gasteiger partial charge in [-0.3, -0.25) is 4.99 Å². The Morgan fingerprint density at radius 2 is 2.38 bits per heavy atom. The highest BCUT2D eigenvalue weighted by molar-refractivity contribution is 8.13. The first kappa shape index (κ1) is 8.11. The smallest absolute Gasteiger partial charge is 0.153 e. The fourth-order valence-corrected chi connectivity index (χ4v) is 1.14. The quantitative estimate of drug-likeness (QED) is 0.559. The van der Waals surface area contributed by atoms with Crippen molar-refractivity contribution < 1.29 is 0 Å². The zero-order chi connectivity index (χ0) is 5.11. The number of halogens is 1. The minimum absolute atomic E-state index is 0. The summed E-state index contributed by atoms with van der Waals surface area (Å²) in [6.45, 7) is 0.929. The molecule has 0 radical (unpaired) electrons. The van der Waals surface area contributed by atoms with Gasteiger partial charge in [-0.2, -0.15) is 0 Å². The molecular weight excluding hydrogens is 144 g/mol. The Morgan fingerprint density at radius 1 is 1.62 bits per heavy atom. The zero-order valence-corrected chi connectivity index (χ0v) is 6.10. The van der Waals surface area contributed by atoms with E-state index in [0.717, 1.165) is 17.5 Å². The van der Waals surface area contributed by atoms with Crippen molar-refractivity contribution in [3.63, 3.8) is 0 Å². The van der Waals surface area contributed by atoms with E-state index >= 15 is 0 Å². The number of nitrogens with zero attached hydrogens (tertiary/aromatic N) is 1. The summed E-state index contributed by atoms with van der Waals surface area (Å²) in [5, 5.41) is 0.756. The molecule has 1 aliphatic rings. The van der Waals surface area contributed by atoms with Crippen molar-refractivity contribution in [1.82, 2.24) is 0 Å². The zero-order valence-electron chi connectivity index (χ0n) is 4.46. The van der Waals surface area contributed by atoms with Crippen LogP contribution in [0.3, 0.4) is 0 Å². The van der Waals surface area contributed by atoms with E-state index in [1.165, 1.54) is 6.42 Å². The highest BCUT2D eigenvalue weighted by Gasteiger charge is 1.97. The Labute approximate surface area is 59.3 Å². The van der Waals surface area contributed by atoms with E-state index < -0.39 is 0 Å². The highest BCUT2D eigenvalue weighted by Crippen LogP contribution is 2.07. The number of aliphatic imine (C=N–C) groups is 1. The van der Waals surface area contributed by atoms with Crippen LogP contribution in [0, 0.1) is 0 Å².